The SMILES string of the molecule is CCCCCCCCCCOC(=O)CC1C(=O)NCCN1C(=O)Cc1ccc(Cl)cc1. The molecule has 0 radical (unpaired) electrons. The van der Waals surface area contributed by atoms with Crippen molar-refractivity contribution >= 4 is 29.4 Å². The molecule has 1 aliphatic heterocycles. The average Bonchev–Trinajstić information content (AvgIpc) is 2.75. The highest BCUT2D eigenvalue weighted by molar-refractivity contribution is 6.30. The summed E-state index contributed by atoms with van der Waals surface area (Å²) in [5.74, 6) is -0.924. The van der Waals surface area contributed by atoms with Gasteiger partial charge < -0.3 is 15.0 Å². The summed E-state index contributed by atoms with van der Waals surface area (Å²) in [4.78, 5) is 38.9. The lowest BCUT2D eigenvalue weighted by atomic mass is 10.1. The minimum absolute atomic E-state index is 0.116. The van der Waals surface area contributed by atoms with Gasteiger partial charge in [-0.2, -0.15) is 0 Å². The van der Waals surface area contributed by atoms with E-state index in [1.54, 1.807) is 24.3 Å². The van der Waals surface area contributed by atoms with E-state index in [-0.39, 0.29) is 24.7 Å². The molecule has 0 saturated carbocycles. The number of amides is 2. The molecule has 0 bridgehead atoms. The van der Waals surface area contributed by atoms with E-state index < -0.39 is 12.0 Å². The van der Waals surface area contributed by atoms with Gasteiger partial charge in [0.2, 0.25) is 11.8 Å². The van der Waals surface area contributed by atoms with Gasteiger partial charge in [0.05, 0.1) is 19.4 Å². The molecule has 2 amide bonds. The zero-order valence-electron chi connectivity index (χ0n) is 18.5. The summed E-state index contributed by atoms with van der Waals surface area (Å²) in [6, 6.07) is 6.22. The number of carbonyl (C=O) groups is 3. The molecule has 1 aliphatic rings. The second-order valence-electron chi connectivity index (χ2n) is 8.10. The number of esters is 1. The molecule has 1 heterocycles. The van der Waals surface area contributed by atoms with Gasteiger partial charge in [-0.3, -0.25) is 14.4 Å². The summed E-state index contributed by atoms with van der Waals surface area (Å²) in [5, 5.41) is 3.34. The first-order chi connectivity index (χ1) is 15.0. The monoisotopic (exact) mass is 450 g/mol. The van der Waals surface area contributed by atoms with Crippen molar-refractivity contribution in [3.63, 3.8) is 0 Å². The van der Waals surface area contributed by atoms with Gasteiger partial charge in [-0.25, -0.2) is 0 Å². The average molecular weight is 451 g/mol. The molecular formula is C24H35ClN2O4. The van der Waals surface area contributed by atoms with Crippen molar-refractivity contribution < 1.29 is 19.1 Å². The predicted molar refractivity (Wildman–Crippen MR) is 122 cm³/mol. The van der Waals surface area contributed by atoms with Crippen LogP contribution in [0.5, 0.6) is 0 Å². The van der Waals surface area contributed by atoms with Crippen LogP contribution in [0.4, 0.5) is 0 Å². The maximum Gasteiger partial charge on any atom is 0.308 e. The van der Waals surface area contributed by atoms with Crippen molar-refractivity contribution in [2.45, 2.75) is 77.2 Å². The lowest BCUT2D eigenvalue weighted by Crippen LogP contribution is -2.58. The Kier molecular flexibility index (Phi) is 11.4. The Morgan fingerprint density at radius 2 is 1.71 bits per heavy atom. The van der Waals surface area contributed by atoms with E-state index in [1.165, 1.54) is 37.0 Å². The number of carbonyl (C=O) groups excluding carboxylic acids is 3. The molecule has 2 rings (SSSR count). The van der Waals surface area contributed by atoms with Crippen molar-refractivity contribution in [3.05, 3.63) is 34.9 Å². The highest BCUT2D eigenvalue weighted by Crippen LogP contribution is 2.15. The smallest absolute Gasteiger partial charge is 0.308 e. The van der Waals surface area contributed by atoms with Crippen molar-refractivity contribution in [3.8, 4) is 0 Å². The highest BCUT2D eigenvalue weighted by atomic mass is 35.5. The number of nitrogens with zero attached hydrogens (tertiary/aromatic N) is 1. The lowest BCUT2D eigenvalue weighted by molar-refractivity contribution is -0.151. The Morgan fingerprint density at radius 3 is 2.39 bits per heavy atom. The van der Waals surface area contributed by atoms with E-state index in [0.29, 0.717) is 24.7 Å². The number of nitrogens with one attached hydrogen (secondary N) is 1. The Bertz CT molecular complexity index is 708. The Labute approximate surface area is 190 Å². The quantitative estimate of drug-likeness (QED) is 0.359. The van der Waals surface area contributed by atoms with Gasteiger partial charge in [0.25, 0.3) is 0 Å². The second-order valence-corrected chi connectivity index (χ2v) is 8.53. The van der Waals surface area contributed by atoms with Gasteiger partial charge in [-0.1, -0.05) is 75.6 Å². The van der Waals surface area contributed by atoms with E-state index in [9.17, 15) is 14.4 Å². The molecule has 1 aromatic rings. The molecule has 7 heteroatoms. The second kappa shape index (κ2) is 14.1. The molecule has 1 N–H and O–H groups in total. The van der Waals surface area contributed by atoms with Gasteiger partial charge >= 0.3 is 5.97 Å². The molecule has 0 aromatic heterocycles. The largest absolute Gasteiger partial charge is 0.466 e. The predicted octanol–water partition coefficient (Wildman–Crippen LogP) is 4.28. The van der Waals surface area contributed by atoms with Crippen LogP contribution in [0, 0.1) is 0 Å². The van der Waals surface area contributed by atoms with Crippen LogP contribution in [0.15, 0.2) is 24.3 Å². The molecule has 1 unspecified atom stereocenters. The minimum Gasteiger partial charge on any atom is -0.466 e. The Morgan fingerprint density at radius 1 is 1.06 bits per heavy atom. The third-order valence-electron chi connectivity index (χ3n) is 5.54. The summed E-state index contributed by atoms with van der Waals surface area (Å²) >= 11 is 5.89. The van der Waals surface area contributed by atoms with Crippen LogP contribution in [-0.2, 0) is 25.5 Å². The van der Waals surface area contributed by atoms with Crippen LogP contribution >= 0.6 is 11.6 Å². The normalized spacial score (nSPS) is 16.1. The van der Waals surface area contributed by atoms with Crippen LogP contribution in [-0.4, -0.2) is 48.4 Å². The molecule has 31 heavy (non-hydrogen) atoms. The lowest BCUT2D eigenvalue weighted by Gasteiger charge is -2.34. The number of halogens is 1. The molecule has 1 atom stereocenters. The third kappa shape index (κ3) is 9.30. The standard InChI is InChI=1S/C24H35ClN2O4/c1-2-3-4-5-6-7-8-9-16-31-23(29)18-21-24(30)26-14-15-27(21)22(28)17-19-10-12-20(25)13-11-19/h10-13,21H,2-9,14-18H2,1H3,(H,26,30). The Hall–Kier alpha value is -2.08. The fourth-order valence-electron chi connectivity index (χ4n) is 3.73. The first-order valence-electron chi connectivity index (χ1n) is 11.5. The number of hydrogen-bond acceptors (Lipinski definition) is 4. The summed E-state index contributed by atoms with van der Waals surface area (Å²) < 4.78 is 5.33. The van der Waals surface area contributed by atoms with Gasteiger partial charge in [-0.05, 0) is 24.1 Å². The van der Waals surface area contributed by atoms with E-state index in [4.69, 9.17) is 16.3 Å². The minimum atomic E-state index is -0.820. The molecule has 1 fully saturated rings. The van der Waals surface area contributed by atoms with Gasteiger partial charge in [0, 0.05) is 18.1 Å². The summed E-state index contributed by atoms with van der Waals surface area (Å²) in [6.07, 6.45) is 9.39. The summed E-state index contributed by atoms with van der Waals surface area (Å²) in [6.45, 7) is 3.34. The fraction of sp³-hybridized carbons (Fsp3) is 0.625. The maximum atomic E-state index is 12.8. The van der Waals surface area contributed by atoms with E-state index in [2.05, 4.69) is 12.2 Å². The molecule has 6 nitrogen and oxygen atoms in total. The van der Waals surface area contributed by atoms with Crippen LogP contribution in [0.2, 0.25) is 5.02 Å². The topological polar surface area (TPSA) is 75.7 Å². The number of ether oxygens (including phenoxy) is 1. The highest BCUT2D eigenvalue weighted by Gasteiger charge is 2.35. The molecule has 1 saturated heterocycles. The summed E-state index contributed by atoms with van der Waals surface area (Å²) in [7, 11) is 0. The Balaban J connectivity index is 1.74. The van der Waals surface area contributed by atoms with Crippen LogP contribution in [0.1, 0.15) is 70.3 Å². The molecule has 172 valence electrons. The molecule has 0 aliphatic carbocycles. The van der Waals surface area contributed by atoms with Gasteiger partial charge in [0.1, 0.15) is 6.04 Å². The van der Waals surface area contributed by atoms with E-state index >= 15 is 0 Å². The zero-order valence-corrected chi connectivity index (χ0v) is 19.3. The van der Waals surface area contributed by atoms with Crippen LogP contribution in [0.25, 0.3) is 0 Å². The molecular weight excluding hydrogens is 416 g/mol. The number of unbranched alkanes of at least 4 members (excludes halogenated alkanes) is 7. The van der Waals surface area contributed by atoms with E-state index in [1.807, 2.05) is 0 Å². The van der Waals surface area contributed by atoms with Crippen LogP contribution in [0.3, 0.4) is 0 Å². The number of benzene rings is 1. The summed E-state index contributed by atoms with van der Waals surface area (Å²) in [5.41, 5.74) is 0.816. The van der Waals surface area contributed by atoms with Gasteiger partial charge in [0.15, 0.2) is 0 Å². The number of hydrogen-bond donors (Lipinski definition) is 1. The van der Waals surface area contributed by atoms with E-state index in [0.717, 1.165) is 24.8 Å². The fourth-order valence-corrected chi connectivity index (χ4v) is 3.86. The maximum absolute atomic E-state index is 12.8. The van der Waals surface area contributed by atoms with Crippen molar-refractivity contribution in [1.82, 2.24) is 10.2 Å². The zero-order chi connectivity index (χ0) is 22.5. The molecule has 1 aromatic carbocycles. The van der Waals surface area contributed by atoms with Gasteiger partial charge in [-0.15, -0.1) is 0 Å². The third-order valence-corrected chi connectivity index (χ3v) is 5.79. The van der Waals surface area contributed by atoms with Crippen molar-refractivity contribution in [2.24, 2.45) is 0 Å². The molecule has 0 spiro atoms. The number of rotatable bonds is 13. The van der Waals surface area contributed by atoms with Crippen molar-refractivity contribution in [2.75, 3.05) is 19.7 Å². The van der Waals surface area contributed by atoms with Crippen LogP contribution < -0.4 is 5.32 Å². The first kappa shape index (κ1) is 25.2. The van der Waals surface area contributed by atoms with Crippen molar-refractivity contribution in [1.29, 1.82) is 0 Å². The first-order valence-corrected chi connectivity index (χ1v) is 11.9. The number of piperazine rings is 1.